The van der Waals surface area contributed by atoms with Crippen LogP contribution in [0.25, 0.3) is 11.3 Å². The van der Waals surface area contributed by atoms with Gasteiger partial charge in [-0.2, -0.15) is 5.10 Å². The molecule has 0 aliphatic rings. The van der Waals surface area contributed by atoms with Crippen LogP contribution in [0.4, 0.5) is 17.3 Å². The Morgan fingerprint density at radius 2 is 2.00 bits per heavy atom. The van der Waals surface area contributed by atoms with Crippen molar-refractivity contribution in [1.82, 2.24) is 19.7 Å². The number of rotatable bonds is 7. The van der Waals surface area contributed by atoms with E-state index in [4.69, 9.17) is 4.74 Å². The van der Waals surface area contributed by atoms with E-state index in [-0.39, 0.29) is 16.8 Å². The van der Waals surface area contributed by atoms with Crippen molar-refractivity contribution in [3.63, 3.8) is 0 Å². The molecule has 0 spiro atoms. The molecular weight excluding hydrogens is 408 g/mol. The molecule has 0 fully saturated rings. The van der Waals surface area contributed by atoms with E-state index in [1.165, 1.54) is 13.0 Å². The molecule has 0 atom stereocenters. The van der Waals surface area contributed by atoms with Crippen molar-refractivity contribution in [2.24, 2.45) is 7.05 Å². The van der Waals surface area contributed by atoms with Gasteiger partial charge in [0, 0.05) is 56.4 Å². The number of carbonyl (C=O) groups excluding carboxylic acids is 1. The number of nitrogens with zero attached hydrogens (tertiary/aromatic N) is 4. The fourth-order valence-corrected chi connectivity index (χ4v) is 3.29. The van der Waals surface area contributed by atoms with Crippen LogP contribution in [0.3, 0.4) is 0 Å². The number of carbonyl (C=O) groups is 1. The lowest BCUT2D eigenvalue weighted by Crippen LogP contribution is -2.09. The molecule has 0 aliphatic carbocycles. The summed E-state index contributed by atoms with van der Waals surface area (Å²) in [6.07, 6.45) is 4.44. The zero-order valence-corrected chi connectivity index (χ0v) is 17.8. The number of nitrogens with one attached hydrogen (secondary N) is 2. The average molecular weight is 430 g/mol. The Labute approximate surface area is 174 Å². The molecular formula is C19H22N6O4S. The van der Waals surface area contributed by atoms with Crippen LogP contribution in [0.1, 0.15) is 13.8 Å². The molecule has 10 nitrogen and oxygen atoms in total. The molecule has 0 bridgehead atoms. The van der Waals surface area contributed by atoms with Gasteiger partial charge in [0.15, 0.2) is 14.9 Å². The number of aromatic nitrogens is 4. The van der Waals surface area contributed by atoms with E-state index in [0.717, 1.165) is 6.26 Å². The Hall–Kier alpha value is -3.47. The number of anilines is 3. The summed E-state index contributed by atoms with van der Waals surface area (Å²) >= 11 is 0. The highest BCUT2D eigenvalue weighted by Crippen LogP contribution is 2.31. The van der Waals surface area contributed by atoms with E-state index in [0.29, 0.717) is 35.1 Å². The molecule has 0 aromatic carbocycles. The van der Waals surface area contributed by atoms with Gasteiger partial charge in [-0.05, 0) is 13.0 Å². The Morgan fingerprint density at radius 1 is 1.23 bits per heavy atom. The molecule has 0 radical (unpaired) electrons. The van der Waals surface area contributed by atoms with Crippen molar-refractivity contribution in [1.29, 1.82) is 0 Å². The highest BCUT2D eigenvalue weighted by atomic mass is 32.2. The molecule has 0 saturated heterocycles. The number of ether oxygens (including phenoxy) is 1. The number of hydrogen-bond donors (Lipinski definition) is 2. The minimum absolute atomic E-state index is 0.119. The number of pyridine rings is 2. The topological polar surface area (TPSA) is 128 Å². The summed E-state index contributed by atoms with van der Waals surface area (Å²) in [5.74, 6) is 0.688. The fourth-order valence-electron chi connectivity index (χ4n) is 2.69. The Bertz CT molecular complexity index is 1190. The molecule has 2 N–H and O–H groups in total. The minimum atomic E-state index is -3.56. The molecule has 11 heteroatoms. The molecule has 158 valence electrons. The van der Waals surface area contributed by atoms with Crippen molar-refractivity contribution >= 4 is 33.1 Å². The third-order valence-corrected chi connectivity index (χ3v) is 4.90. The van der Waals surface area contributed by atoms with Gasteiger partial charge in [0.05, 0.1) is 18.0 Å². The third-order valence-electron chi connectivity index (χ3n) is 3.93. The standard InChI is InChI=1S/C19H22N6O4S/c1-5-29-13-8-18(23-19(9-13)30(4,27)28)22-16-10-17(21-12(2)26)20-11-14(16)15-6-7-25(3)24-15/h6-11H,5H2,1-4H3,(H2,20,21,22,23,26). The number of hydrogen-bond acceptors (Lipinski definition) is 8. The van der Waals surface area contributed by atoms with Gasteiger partial charge >= 0.3 is 0 Å². The second-order valence-corrected chi connectivity index (χ2v) is 8.49. The van der Waals surface area contributed by atoms with Crippen LogP contribution in [0.5, 0.6) is 5.75 Å². The summed E-state index contributed by atoms with van der Waals surface area (Å²) in [5.41, 5.74) is 1.83. The molecule has 3 aromatic rings. The van der Waals surface area contributed by atoms with E-state index in [1.54, 1.807) is 43.2 Å². The van der Waals surface area contributed by atoms with Gasteiger partial charge in [-0.15, -0.1) is 0 Å². The predicted octanol–water partition coefficient (Wildman–Crippen LogP) is 2.38. The summed E-state index contributed by atoms with van der Waals surface area (Å²) in [6.45, 7) is 3.55. The maximum absolute atomic E-state index is 12.0. The Kier molecular flexibility index (Phi) is 6.01. The number of amides is 1. The molecule has 1 amide bonds. The first-order chi connectivity index (χ1) is 14.2. The molecule has 30 heavy (non-hydrogen) atoms. The molecule has 0 aliphatic heterocycles. The second kappa shape index (κ2) is 8.49. The highest BCUT2D eigenvalue weighted by Gasteiger charge is 2.16. The fraction of sp³-hybridized carbons (Fsp3) is 0.263. The lowest BCUT2D eigenvalue weighted by molar-refractivity contribution is -0.114. The van der Waals surface area contributed by atoms with Gasteiger partial charge < -0.3 is 15.4 Å². The summed E-state index contributed by atoms with van der Waals surface area (Å²) in [6, 6.07) is 6.41. The first-order valence-electron chi connectivity index (χ1n) is 9.05. The van der Waals surface area contributed by atoms with E-state index in [2.05, 4.69) is 25.7 Å². The van der Waals surface area contributed by atoms with Gasteiger partial charge in [0.25, 0.3) is 0 Å². The van der Waals surface area contributed by atoms with Gasteiger partial charge in [0.1, 0.15) is 17.4 Å². The van der Waals surface area contributed by atoms with Crippen molar-refractivity contribution in [3.05, 3.63) is 36.7 Å². The lowest BCUT2D eigenvalue weighted by atomic mass is 10.1. The van der Waals surface area contributed by atoms with Crippen molar-refractivity contribution in [2.75, 3.05) is 23.5 Å². The van der Waals surface area contributed by atoms with Crippen molar-refractivity contribution in [3.8, 4) is 17.0 Å². The monoisotopic (exact) mass is 430 g/mol. The van der Waals surface area contributed by atoms with Gasteiger partial charge in [-0.1, -0.05) is 0 Å². The maximum Gasteiger partial charge on any atom is 0.222 e. The first-order valence-corrected chi connectivity index (χ1v) is 10.9. The summed E-state index contributed by atoms with van der Waals surface area (Å²) in [5, 5.41) is 10.0. The van der Waals surface area contributed by atoms with Crippen LogP contribution in [-0.4, -0.2) is 46.9 Å². The lowest BCUT2D eigenvalue weighted by Gasteiger charge is -2.14. The maximum atomic E-state index is 12.0. The SMILES string of the molecule is CCOc1cc(Nc2cc(NC(C)=O)ncc2-c2ccn(C)n2)nc(S(C)(=O)=O)c1. The molecule has 3 heterocycles. The van der Waals surface area contributed by atoms with Crippen molar-refractivity contribution in [2.45, 2.75) is 18.9 Å². The predicted molar refractivity (Wildman–Crippen MR) is 113 cm³/mol. The van der Waals surface area contributed by atoms with E-state index >= 15 is 0 Å². The zero-order valence-electron chi connectivity index (χ0n) is 17.0. The molecule has 0 saturated carbocycles. The van der Waals surface area contributed by atoms with Crippen molar-refractivity contribution < 1.29 is 17.9 Å². The van der Waals surface area contributed by atoms with Crippen LogP contribution in [-0.2, 0) is 21.7 Å². The first kappa shape index (κ1) is 21.2. The minimum Gasteiger partial charge on any atom is -0.494 e. The highest BCUT2D eigenvalue weighted by molar-refractivity contribution is 7.90. The average Bonchev–Trinajstić information content (AvgIpc) is 3.07. The summed E-state index contributed by atoms with van der Waals surface area (Å²) in [4.78, 5) is 19.9. The Morgan fingerprint density at radius 3 is 2.60 bits per heavy atom. The molecule has 0 unspecified atom stereocenters. The van der Waals surface area contributed by atoms with Gasteiger partial charge in [-0.25, -0.2) is 18.4 Å². The molecule has 3 aromatic heterocycles. The number of sulfone groups is 1. The molecule has 3 rings (SSSR count). The summed E-state index contributed by atoms with van der Waals surface area (Å²) < 4.78 is 31.2. The van der Waals surface area contributed by atoms with Crippen LogP contribution < -0.4 is 15.4 Å². The smallest absolute Gasteiger partial charge is 0.222 e. The van der Waals surface area contributed by atoms with Gasteiger partial charge in [-0.3, -0.25) is 9.48 Å². The van der Waals surface area contributed by atoms with E-state index in [9.17, 15) is 13.2 Å². The third kappa shape index (κ3) is 5.11. The van der Waals surface area contributed by atoms with Crippen LogP contribution in [0, 0.1) is 0 Å². The Balaban J connectivity index is 2.09. The second-order valence-electron chi connectivity index (χ2n) is 6.53. The van der Waals surface area contributed by atoms with Gasteiger partial charge in [0.2, 0.25) is 5.91 Å². The van der Waals surface area contributed by atoms with Crippen LogP contribution in [0.15, 0.2) is 41.7 Å². The zero-order chi connectivity index (χ0) is 21.9. The van der Waals surface area contributed by atoms with Crippen LogP contribution >= 0.6 is 0 Å². The van der Waals surface area contributed by atoms with E-state index < -0.39 is 9.84 Å². The number of aryl methyl sites for hydroxylation is 1. The van der Waals surface area contributed by atoms with E-state index in [1.807, 2.05) is 6.07 Å². The summed E-state index contributed by atoms with van der Waals surface area (Å²) in [7, 11) is -1.76. The largest absolute Gasteiger partial charge is 0.494 e. The normalized spacial score (nSPS) is 11.2. The van der Waals surface area contributed by atoms with Crippen LogP contribution in [0.2, 0.25) is 0 Å². The quantitative estimate of drug-likeness (QED) is 0.585.